The van der Waals surface area contributed by atoms with Gasteiger partial charge in [0.15, 0.2) is 4.96 Å². The van der Waals surface area contributed by atoms with Gasteiger partial charge >= 0.3 is 5.97 Å². The number of ether oxygens (including phenoxy) is 1. The maximum Gasteiger partial charge on any atom is 0.306 e. The van der Waals surface area contributed by atoms with Crippen molar-refractivity contribution in [2.45, 2.75) is 18.9 Å². The van der Waals surface area contributed by atoms with Crippen LogP contribution in [0.25, 0.3) is 4.96 Å². The second-order valence-corrected chi connectivity index (χ2v) is 5.13. The maximum atomic E-state index is 11.8. The number of imidazole rings is 1. The van der Waals surface area contributed by atoms with E-state index in [1.54, 1.807) is 6.20 Å². The second-order valence-electron chi connectivity index (χ2n) is 4.26. The number of aromatic nitrogens is 2. The first-order valence-electron chi connectivity index (χ1n) is 6.01. The van der Waals surface area contributed by atoms with Crippen LogP contribution in [-0.4, -0.2) is 46.1 Å². The van der Waals surface area contributed by atoms with Gasteiger partial charge in [-0.2, -0.15) is 0 Å². The maximum absolute atomic E-state index is 11.8. The number of hydrogen-bond donors (Lipinski definition) is 2. The molecule has 2 aromatic heterocycles. The topological polar surface area (TPSA) is 92.9 Å². The van der Waals surface area contributed by atoms with Crippen LogP contribution in [0.1, 0.15) is 12.1 Å². The number of fused-ring (bicyclic) bond motifs is 1. The van der Waals surface area contributed by atoms with E-state index >= 15 is 0 Å². The van der Waals surface area contributed by atoms with Crippen LogP contribution < -0.4 is 5.32 Å². The highest BCUT2D eigenvalue weighted by atomic mass is 32.1. The fourth-order valence-corrected chi connectivity index (χ4v) is 2.47. The summed E-state index contributed by atoms with van der Waals surface area (Å²) in [6.45, 7) is 0.170. The van der Waals surface area contributed by atoms with Crippen molar-refractivity contribution in [1.29, 1.82) is 0 Å². The smallest absolute Gasteiger partial charge is 0.306 e. The molecule has 20 heavy (non-hydrogen) atoms. The van der Waals surface area contributed by atoms with E-state index in [0.717, 1.165) is 4.96 Å². The molecule has 0 spiro atoms. The minimum absolute atomic E-state index is 0.142. The van der Waals surface area contributed by atoms with E-state index in [0.29, 0.717) is 5.69 Å². The Labute approximate surface area is 119 Å². The first kappa shape index (κ1) is 14.5. The SMILES string of the molecule is COC(CNC(=O)Cc1cn2ccsc2n1)CC(=O)O. The fraction of sp³-hybridized carbons (Fsp3) is 0.417. The number of carbonyl (C=O) groups excluding carboxylic acids is 1. The minimum atomic E-state index is -0.958. The molecule has 1 amide bonds. The van der Waals surface area contributed by atoms with Gasteiger partial charge in [0.1, 0.15) is 0 Å². The zero-order valence-electron chi connectivity index (χ0n) is 10.9. The van der Waals surface area contributed by atoms with Crippen molar-refractivity contribution in [2.24, 2.45) is 0 Å². The molecular weight excluding hydrogens is 282 g/mol. The zero-order valence-corrected chi connectivity index (χ0v) is 11.7. The van der Waals surface area contributed by atoms with Gasteiger partial charge in [0.25, 0.3) is 0 Å². The van der Waals surface area contributed by atoms with Gasteiger partial charge in [0.05, 0.1) is 24.6 Å². The number of carbonyl (C=O) groups is 2. The van der Waals surface area contributed by atoms with Crippen molar-refractivity contribution in [3.05, 3.63) is 23.5 Å². The molecule has 1 unspecified atom stereocenters. The lowest BCUT2D eigenvalue weighted by Gasteiger charge is -2.13. The average molecular weight is 297 g/mol. The number of aliphatic carboxylic acids is 1. The van der Waals surface area contributed by atoms with Crippen molar-refractivity contribution in [1.82, 2.24) is 14.7 Å². The molecule has 0 aliphatic rings. The van der Waals surface area contributed by atoms with Crippen LogP contribution in [0.5, 0.6) is 0 Å². The Kier molecular flexibility index (Phi) is 4.70. The summed E-state index contributed by atoms with van der Waals surface area (Å²) in [6.07, 6.45) is 3.18. The quantitative estimate of drug-likeness (QED) is 0.778. The predicted octanol–water partition coefficient (Wildman–Crippen LogP) is 0.544. The number of methoxy groups -OCH3 is 1. The Morgan fingerprint density at radius 2 is 2.40 bits per heavy atom. The van der Waals surface area contributed by atoms with Crippen molar-refractivity contribution < 1.29 is 19.4 Å². The summed E-state index contributed by atoms with van der Waals surface area (Å²) in [5.74, 6) is -1.16. The first-order valence-corrected chi connectivity index (χ1v) is 6.89. The molecule has 2 heterocycles. The highest BCUT2D eigenvalue weighted by Gasteiger charge is 2.14. The summed E-state index contributed by atoms with van der Waals surface area (Å²) in [5, 5.41) is 13.2. The largest absolute Gasteiger partial charge is 0.481 e. The molecule has 2 N–H and O–H groups in total. The predicted molar refractivity (Wildman–Crippen MR) is 72.8 cm³/mol. The molecule has 0 aromatic carbocycles. The van der Waals surface area contributed by atoms with Crippen molar-refractivity contribution >= 4 is 28.2 Å². The van der Waals surface area contributed by atoms with Crippen LogP contribution in [0.4, 0.5) is 0 Å². The number of hydrogen-bond acceptors (Lipinski definition) is 5. The number of rotatable bonds is 7. The average Bonchev–Trinajstić information content (AvgIpc) is 2.94. The summed E-state index contributed by atoms with van der Waals surface area (Å²) in [5.41, 5.74) is 0.682. The summed E-state index contributed by atoms with van der Waals surface area (Å²) in [6, 6.07) is 0. The van der Waals surface area contributed by atoms with Gasteiger partial charge in [0.2, 0.25) is 5.91 Å². The van der Waals surface area contributed by atoms with Crippen LogP contribution in [0.15, 0.2) is 17.8 Å². The van der Waals surface area contributed by atoms with Gasteiger partial charge in [-0.3, -0.25) is 14.0 Å². The number of carboxylic acid groups (broad SMARTS) is 1. The van der Waals surface area contributed by atoms with E-state index in [2.05, 4.69) is 10.3 Å². The van der Waals surface area contributed by atoms with Crippen LogP contribution >= 0.6 is 11.3 Å². The van der Waals surface area contributed by atoms with Crippen LogP contribution in [0, 0.1) is 0 Å². The Morgan fingerprint density at radius 3 is 3.05 bits per heavy atom. The fourth-order valence-electron chi connectivity index (χ4n) is 1.75. The van der Waals surface area contributed by atoms with Crippen molar-refractivity contribution in [3.8, 4) is 0 Å². The minimum Gasteiger partial charge on any atom is -0.481 e. The first-order chi connectivity index (χ1) is 9.58. The Bertz CT molecular complexity index is 578. The molecule has 8 heteroatoms. The number of carboxylic acids is 1. The molecule has 2 aromatic rings. The van der Waals surface area contributed by atoms with Gasteiger partial charge in [-0.15, -0.1) is 11.3 Å². The van der Waals surface area contributed by atoms with Crippen LogP contribution in [0.3, 0.4) is 0 Å². The van der Waals surface area contributed by atoms with E-state index in [1.165, 1.54) is 18.4 Å². The third kappa shape index (κ3) is 3.78. The zero-order chi connectivity index (χ0) is 14.5. The second kappa shape index (κ2) is 6.49. The molecule has 2 rings (SSSR count). The molecule has 0 saturated carbocycles. The Balaban J connectivity index is 1.82. The third-order valence-corrected chi connectivity index (χ3v) is 3.52. The van der Waals surface area contributed by atoms with Gasteiger partial charge in [0, 0.05) is 31.4 Å². The van der Waals surface area contributed by atoms with E-state index in [4.69, 9.17) is 9.84 Å². The standard InChI is InChI=1S/C12H15N3O4S/c1-19-9(5-11(17)18)6-13-10(16)4-8-7-15-2-3-20-12(15)14-8/h2-3,7,9H,4-6H2,1H3,(H,13,16)(H,17,18). The molecule has 0 aliphatic carbocycles. The van der Waals surface area contributed by atoms with E-state index in [9.17, 15) is 9.59 Å². The molecular formula is C12H15N3O4S. The van der Waals surface area contributed by atoms with Gasteiger partial charge in [-0.25, -0.2) is 4.98 Å². The lowest BCUT2D eigenvalue weighted by Crippen LogP contribution is -2.35. The van der Waals surface area contributed by atoms with Gasteiger partial charge in [-0.1, -0.05) is 0 Å². The normalized spacial score (nSPS) is 12.4. The lowest BCUT2D eigenvalue weighted by atomic mass is 10.2. The van der Waals surface area contributed by atoms with Crippen LogP contribution in [-0.2, 0) is 20.7 Å². The molecule has 0 fully saturated rings. The van der Waals surface area contributed by atoms with Crippen LogP contribution in [0.2, 0.25) is 0 Å². The van der Waals surface area contributed by atoms with E-state index < -0.39 is 12.1 Å². The van der Waals surface area contributed by atoms with Crippen molar-refractivity contribution in [3.63, 3.8) is 0 Å². The number of nitrogens with one attached hydrogen (secondary N) is 1. The number of nitrogens with zero attached hydrogens (tertiary/aromatic N) is 2. The molecule has 0 saturated heterocycles. The summed E-state index contributed by atoms with van der Waals surface area (Å²) in [7, 11) is 1.42. The number of amides is 1. The Morgan fingerprint density at radius 1 is 1.60 bits per heavy atom. The van der Waals surface area contributed by atoms with E-state index in [1.807, 2.05) is 16.0 Å². The monoisotopic (exact) mass is 297 g/mol. The third-order valence-electron chi connectivity index (χ3n) is 2.75. The highest BCUT2D eigenvalue weighted by molar-refractivity contribution is 7.15. The summed E-state index contributed by atoms with van der Waals surface area (Å²) in [4.78, 5) is 27.5. The molecule has 108 valence electrons. The molecule has 0 bridgehead atoms. The molecule has 0 aliphatic heterocycles. The molecule has 7 nitrogen and oxygen atoms in total. The lowest BCUT2D eigenvalue weighted by molar-refractivity contribution is -0.140. The highest BCUT2D eigenvalue weighted by Crippen LogP contribution is 2.11. The van der Waals surface area contributed by atoms with Gasteiger partial charge < -0.3 is 15.2 Å². The summed E-state index contributed by atoms with van der Waals surface area (Å²) < 4.78 is 6.84. The Hall–Kier alpha value is -1.93. The van der Waals surface area contributed by atoms with Crippen molar-refractivity contribution in [2.75, 3.05) is 13.7 Å². The molecule has 1 atom stereocenters. The van der Waals surface area contributed by atoms with Gasteiger partial charge in [-0.05, 0) is 0 Å². The summed E-state index contributed by atoms with van der Waals surface area (Å²) >= 11 is 1.50. The molecule has 0 radical (unpaired) electrons. The van der Waals surface area contributed by atoms with E-state index in [-0.39, 0.29) is 25.3 Å². The number of thiazole rings is 1.